The quantitative estimate of drug-likeness (QED) is 0.798. The summed E-state index contributed by atoms with van der Waals surface area (Å²) in [7, 11) is 0. The van der Waals surface area contributed by atoms with E-state index in [-0.39, 0.29) is 17.6 Å². The summed E-state index contributed by atoms with van der Waals surface area (Å²) < 4.78 is 13.2. The predicted molar refractivity (Wildman–Crippen MR) is 106 cm³/mol. The van der Waals surface area contributed by atoms with Crippen LogP contribution in [0.25, 0.3) is 0 Å². The number of nitrogens with zero attached hydrogens (tertiary/aromatic N) is 1. The molecule has 0 radical (unpaired) electrons. The Morgan fingerprint density at radius 1 is 1.33 bits per heavy atom. The van der Waals surface area contributed by atoms with Crippen LogP contribution in [0.2, 0.25) is 0 Å². The van der Waals surface area contributed by atoms with Gasteiger partial charge in [-0.3, -0.25) is 9.59 Å². The Labute approximate surface area is 163 Å². The highest BCUT2D eigenvalue weighted by Gasteiger charge is 2.24. The number of piperidine rings is 1. The maximum absolute atomic E-state index is 13.2. The summed E-state index contributed by atoms with van der Waals surface area (Å²) in [5.74, 6) is 0.154. The van der Waals surface area contributed by atoms with Crippen LogP contribution in [-0.4, -0.2) is 29.8 Å². The molecule has 1 atom stereocenters. The normalized spacial score (nSPS) is 17.0. The Bertz CT molecular complexity index is 791. The second kappa shape index (κ2) is 9.13. The molecule has 2 aromatic rings. The number of carbonyl (C=O) groups is 2. The first-order chi connectivity index (χ1) is 13.0. The van der Waals surface area contributed by atoms with Crippen LogP contribution in [0, 0.1) is 18.7 Å². The molecule has 0 unspecified atom stereocenters. The Hall–Kier alpha value is -2.21. The number of likely N-dealkylation sites (tertiary alicyclic amines) is 1. The third-order valence-corrected chi connectivity index (χ3v) is 5.78. The summed E-state index contributed by atoms with van der Waals surface area (Å²) in [6.45, 7) is 3.31. The number of hydrogen-bond donors (Lipinski definition) is 1. The topological polar surface area (TPSA) is 49.4 Å². The van der Waals surface area contributed by atoms with Crippen LogP contribution in [0.5, 0.6) is 0 Å². The van der Waals surface area contributed by atoms with Crippen LogP contribution < -0.4 is 5.32 Å². The number of benzene rings is 1. The lowest BCUT2D eigenvalue weighted by atomic mass is 9.93. The van der Waals surface area contributed by atoms with Crippen molar-refractivity contribution in [2.45, 2.75) is 39.0 Å². The molecule has 1 aliphatic heterocycles. The smallest absolute Gasteiger partial charge is 0.227 e. The van der Waals surface area contributed by atoms with Gasteiger partial charge < -0.3 is 10.2 Å². The SMILES string of the molecule is Cc1cc(F)ccc1NC(=O)CC[C@H]1CCCN(C(=O)Cc2ccsc2)C1. The summed E-state index contributed by atoms with van der Waals surface area (Å²) >= 11 is 1.61. The summed E-state index contributed by atoms with van der Waals surface area (Å²) in [6, 6.07) is 6.34. The van der Waals surface area contributed by atoms with Gasteiger partial charge in [0.25, 0.3) is 0 Å². The number of thiophene rings is 1. The van der Waals surface area contributed by atoms with E-state index < -0.39 is 0 Å². The molecule has 2 amide bonds. The zero-order valence-electron chi connectivity index (χ0n) is 15.5. The summed E-state index contributed by atoms with van der Waals surface area (Å²) in [5.41, 5.74) is 2.44. The van der Waals surface area contributed by atoms with Gasteiger partial charge in [0.05, 0.1) is 6.42 Å². The Morgan fingerprint density at radius 3 is 2.93 bits per heavy atom. The average molecular weight is 389 g/mol. The van der Waals surface area contributed by atoms with E-state index in [1.165, 1.54) is 12.1 Å². The molecule has 1 aliphatic rings. The molecule has 1 saturated heterocycles. The fourth-order valence-electron chi connectivity index (χ4n) is 3.52. The highest BCUT2D eigenvalue weighted by atomic mass is 32.1. The zero-order valence-corrected chi connectivity index (χ0v) is 16.4. The van der Waals surface area contributed by atoms with E-state index >= 15 is 0 Å². The molecule has 0 spiro atoms. The molecule has 1 aromatic heterocycles. The standard InChI is InChI=1S/C21H25FN2O2S/c1-15-11-18(22)5-6-19(15)23-20(25)7-4-16-3-2-9-24(13-16)21(26)12-17-8-10-27-14-17/h5-6,8,10-11,14,16H,2-4,7,9,12-13H2,1H3,(H,23,25)/t16-/m1/s1. The zero-order chi connectivity index (χ0) is 19.2. The highest BCUT2D eigenvalue weighted by molar-refractivity contribution is 7.08. The number of carbonyl (C=O) groups excluding carboxylic acids is 2. The number of aryl methyl sites for hydroxylation is 1. The lowest BCUT2D eigenvalue weighted by Gasteiger charge is -2.32. The summed E-state index contributed by atoms with van der Waals surface area (Å²) in [6.07, 6.45) is 3.66. The van der Waals surface area contributed by atoms with Crippen molar-refractivity contribution in [3.8, 4) is 0 Å². The molecule has 144 valence electrons. The summed E-state index contributed by atoms with van der Waals surface area (Å²) in [4.78, 5) is 26.6. The van der Waals surface area contributed by atoms with Gasteiger partial charge in [-0.25, -0.2) is 4.39 Å². The van der Waals surface area contributed by atoms with Crippen molar-refractivity contribution < 1.29 is 14.0 Å². The van der Waals surface area contributed by atoms with Crippen molar-refractivity contribution in [2.24, 2.45) is 5.92 Å². The van der Waals surface area contributed by atoms with Gasteiger partial charge >= 0.3 is 0 Å². The van der Waals surface area contributed by atoms with Crippen molar-refractivity contribution in [1.29, 1.82) is 0 Å². The van der Waals surface area contributed by atoms with E-state index in [9.17, 15) is 14.0 Å². The molecule has 0 bridgehead atoms. The largest absolute Gasteiger partial charge is 0.342 e. The van der Waals surface area contributed by atoms with Gasteiger partial charge in [0.15, 0.2) is 0 Å². The van der Waals surface area contributed by atoms with Gasteiger partial charge in [-0.15, -0.1) is 0 Å². The van der Waals surface area contributed by atoms with E-state index in [0.717, 1.165) is 37.9 Å². The van der Waals surface area contributed by atoms with Gasteiger partial charge in [0, 0.05) is 25.2 Å². The number of rotatable bonds is 6. The van der Waals surface area contributed by atoms with E-state index in [0.29, 0.717) is 30.0 Å². The third kappa shape index (κ3) is 5.63. The Balaban J connectivity index is 1.46. The minimum Gasteiger partial charge on any atom is -0.342 e. The average Bonchev–Trinajstić information content (AvgIpc) is 3.15. The molecule has 2 heterocycles. The van der Waals surface area contributed by atoms with Crippen LogP contribution in [0.15, 0.2) is 35.0 Å². The molecular weight excluding hydrogens is 363 g/mol. The van der Waals surface area contributed by atoms with Crippen LogP contribution in [0.4, 0.5) is 10.1 Å². The van der Waals surface area contributed by atoms with E-state index in [4.69, 9.17) is 0 Å². The molecule has 3 rings (SSSR count). The summed E-state index contributed by atoms with van der Waals surface area (Å²) in [5, 5.41) is 6.86. The molecule has 4 nitrogen and oxygen atoms in total. The van der Waals surface area contributed by atoms with Crippen LogP contribution >= 0.6 is 11.3 Å². The Morgan fingerprint density at radius 2 is 2.19 bits per heavy atom. The van der Waals surface area contributed by atoms with Crippen LogP contribution in [0.3, 0.4) is 0 Å². The molecule has 6 heteroatoms. The fourth-order valence-corrected chi connectivity index (χ4v) is 4.19. The second-order valence-corrected chi connectivity index (χ2v) is 7.98. The Kier molecular flexibility index (Phi) is 6.61. The molecule has 1 N–H and O–H groups in total. The lowest BCUT2D eigenvalue weighted by molar-refractivity contribution is -0.132. The van der Waals surface area contributed by atoms with E-state index in [2.05, 4.69) is 5.32 Å². The number of halogens is 1. The number of anilines is 1. The first kappa shape index (κ1) is 19.5. The molecule has 0 saturated carbocycles. The third-order valence-electron chi connectivity index (χ3n) is 5.05. The number of nitrogens with one attached hydrogen (secondary N) is 1. The second-order valence-electron chi connectivity index (χ2n) is 7.20. The van der Waals surface area contributed by atoms with Gasteiger partial charge in [-0.2, -0.15) is 11.3 Å². The van der Waals surface area contributed by atoms with Crippen molar-refractivity contribution in [2.75, 3.05) is 18.4 Å². The molecule has 1 aromatic carbocycles. The number of amides is 2. The van der Waals surface area contributed by atoms with Crippen molar-refractivity contribution in [3.05, 3.63) is 52.0 Å². The molecule has 27 heavy (non-hydrogen) atoms. The monoisotopic (exact) mass is 388 g/mol. The van der Waals surface area contributed by atoms with Crippen molar-refractivity contribution >= 4 is 28.8 Å². The maximum atomic E-state index is 13.2. The molecular formula is C21H25FN2O2S. The highest BCUT2D eigenvalue weighted by Crippen LogP contribution is 2.23. The van der Waals surface area contributed by atoms with Gasteiger partial charge in [-0.05, 0) is 78.3 Å². The lowest BCUT2D eigenvalue weighted by Crippen LogP contribution is -2.40. The van der Waals surface area contributed by atoms with Gasteiger partial charge in [0.1, 0.15) is 5.82 Å². The minimum absolute atomic E-state index is 0.0635. The van der Waals surface area contributed by atoms with Crippen molar-refractivity contribution in [3.63, 3.8) is 0 Å². The number of hydrogen-bond acceptors (Lipinski definition) is 3. The van der Waals surface area contributed by atoms with Crippen LogP contribution in [0.1, 0.15) is 36.8 Å². The minimum atomic E-state index is -0.306. The first-order valence-electron chi connectivity index (χ1n) is 9.36. The van der Waals surface area contributed by atoms with Crippen LogP contribution in [-0.2, 0) is 16.0 Å². The van der Waals surface area contributed by atoms with E-state index in [1.807, 2.05) is 21.7 Å². The fraction of sp³-hybridized carbons (Fsp3) is 0.429. The molecule has 1 fully saturated rings. The predicted octanol–water partition coefficient (Wildman–Crippen LogP) is 4.40. The van der Waals surface area contributed by atoms with Crippen molar-refractivity contribution in [1.82, 2.24) is 4.90 Å². The van der Waals surface area contributed by atoms with Gasteiger partial charge in [0.2, 0.25) is 11.8 Å². The first-order valence-corrected chi connectivity index (χ1v) is 10.3. The van der Waals surface area contributed by atoms with E-state index in [1.54, 1.807) is 24.3 Å². The maximum Gasteiger partial charge on any atom is 0.227 e. The molecule has 0 aliphatic carbocycles. The van der Waals surface area contributed by atoms with Gasteiger partial charge in [-0.1, -0.05) is 0 Å².